The van der Waals surface area contributed by atoms with Crippen LogP contribution in [0.5, 0.6) is 5.75 Å². The van der Waals surface area contributed by atoms with E-state index in [-0.39, 0.29) is 11.9 Å². The van der Waals surface area contributed by atoms with E-state index in [1.54, 1.807) is 6.07 Å². The quantitative estimate of drug-likeness (QED) is 0.766. The first kappa shape index (κ1) is 16.6. The number of hydrogen-bond donors (Lipinski definition) is 2. The third-order valence-electron chi connectivity index (χ3n) is 5.02. The summed E-state index contributed by atoms with van der Waals surface area (Å²) in [6.07, 6.45) is 0.700. The molecule has 1 fully saturated rings. The number of carbonyl (C=O) groups is 1. The van der Waals surface area contributed by atoms with Gasteiger partial charge in [-0.3, -0.25) is 4.79 Å². The number of rotatable bonds is 3. The molecule has 4 heteroatoms. The monoisotopic (exact) mass is 346 g/mol. The molecule has 1 atom stereocenters. The van der Waals surface area contributed by atoms with Crippen LogP contribution in [0.2, 0.25) is 0 Å². The lowest BCUT2D eigenvalue weighted by molar-refractivity contribution is 0.0705. The van der Waals surface area contributed by atoms with Gasteiger partial charge >= 0.3 is 0 Å². The average Bonchev–Trinajstić information content (AvgIpc) is 2.69. The number of piperazine rings is 1. The average molecular weight is 346 g/mol. The van der Waals surface area contributed by atoms with Crippen LogP contribution >= 0.6 is 0 Å². The second kappa shape index (κ2) is 7.18. The molecule has 0 radical (unpaired) electrons. The van der Waals surface area contributed by atoms with Gasteiger partial charge in [-0.05, 0) is 34.9 Å². The Morgan fingerprint density at radius 3 is 2.69 bits per heavy atom. The van der Waals surface area contributed by atoms with Gasteiger partial charge in [0.1, 0.15) is 5.75 Å². The number of benzene rings is 3. The molecule has 0 saturated carbocycles. The number of fused-ring (bicyclic) bond motifs is 1. The number of amides is 1. The van der Waals surface area contributed by atoms with Crippen molar-refractivity contribution in [1.29, 1.82) is 0 Å². The van der Waals surface area contributed by atoms with Gasteiger partial charge in [-0.2, -0.15) is 0 Å². The maximum Gasteiger partial charge on any atom is 0.254 e. The van der Waals surface area contributed by atoms with Crippen molar-refractivity contribution in [2.75, 3.05) is 19.6 Å². The summed E-state index contributed by atoms with van der Waals surface area (Å²) in [7, 11) is 0. The Morgan fingerprint density at radius 2 is 1.81 bits per heavy atom. The Labute approximate surface area is 153 Å². The van der Waals surface area contributed by atoms with Crippen molar-refractivity contribution in [3.8, 4) is 5.75 Å². The first-order valence-electron chi connectivity index (χ1n) is 8.99. The van der Waals surface area contributed by atoms with E-state index in [0.717, 1.165) is 28.4 Å². The molecule has 0 aromatic heterocycles. The van der Waals surface area contributed by atoms with E-state index in [0.29, 0.717) is 25.3 Å². The molecular weight excluding hydrogens is 324 g/mol. The van der Waals surface area contributed by atoms with E-state index in [4.69, 9.17) is 0 Å². The van der Waals surface area contributed by atoms with Gasteiger partial charge in [0.05, 0.1) is 0 Å². The minimum Gasteiger partial charge on any atom is -0.508 e. The van der Waals surface area contributed by atoms with Gasteiger partial charge in [-0.25, -0.2) is 0 Å². The first-order chi connectivity index (χ1) is 12.7. The molecule has 3 aromatic rings. The Morgan fingerprint density at radius 1 is 1.04 bits per heavy atom. The molecule has 1 saturated heterocycles. The molecule has 1 unspecified atom stereocenters. The Bertz CT molecular complexity index is 933. The summed E-state index contributed by atoms with van der Waals surface area (Å²) < 4.78 is 0. The smallest absolute Gasteiger partial charge is 0.254 e. The minimum atomic E-state index is 0.0746. The van der Waals surface area contributed by atoms with Gasteiger partial charge in [0.2, 0.25) is 0 Å². The van der Waals surface area contributed by atoms with E-state index >= 15 is 0 Å². The number of carbonyl (C=O) groups excluding carboxylic acids is 1. The molecule has 132 valence electrons. The highest BCUT2D eigenvalue weighted by Gasteiger charge is 2.25. The van der Waals surface area contributed by atoms with Gasteiger partial charge in [0.25, 0.3) is 5.91 Å². The predicted molar refractivity (Wildman–Crippen MR) is 103 cm³/mol. The summed E-state index contributed by atoms with van der Waals surface area (Å²) in [6, 6.07) is 21.4. The van der Waals surface area contributed by atoms with Crippen LogP contribution in [-0.4, -0.2) is 41.6 Å². The second-order valence-corrected chi connectivity index (χ2v) is 6.76. The fraction of sp³-hybridized carbons (Fsp3) is 0.227. The molecule has 3 aromatic carbocycles. The molecule has 0 bridgehead atoms. The summed E-state index contributed by atoms with van der Waals surface area (Å²) in [5.74, 6) is 0.386. The van der Waals surface area contributed by atoms with Crippen molar-refractivity contribution in [3.05, 3.63) is 77.9 Å². The van der Waals surface area contributed by atoms with Crippen LogP contribution in [0.1, 0.15) is 15.9 Å². The molecular formula is C22H22N2O2. The number of hydrogen-bond acceptors (Lipinski definition) is 3. The minimum absolute atomic E-state index is 0.0746. The van der Waals surface area contributed by atoms with Crippen LogP contribution in [0.3, 0.4) is 0 Å². The van der Waals surface area contributed by atoms with Crippen molar-refractivity contribution >= 4 is 16.7 Å². The Kier molecular flexibility index (Phi) is 4.59. The van der Waals surface area contributed by atoms with Crippen molar-refractivity contribution in [2.45, 2.75) is 12.5 Å². The molecule has 2 N–H and O–H groups in total. The molecule has 1 aliphatic heterocycles. The van der Waals surface area contributed by atoms with E-state index < -0.39 is 0 Å². The largest absolute Gasteiger partial charge is 0.508 e. The summed E-state index contributed by atoms with van der Waals surface area (Å²) in [5, 5.41) is 15.5. The lowest BCUT2D eigenvalue weighted by atomic mass is 10.0. The highest BCUT2D eigenvalue weighted by molar-refractivity contribution is 6.07. The molecule has 1 heterocycles. The Balaban J connectivity index is 1.54. The summed E-state index contributed by atoms with van der Waals surface area (Å²) in [5.41, 5.74) is 1.66. The zero-order valence-electron chi connectivity index (χ0n) is 14.6. The van der Waals surface area contributed by atoms with Gasteiger partial charge in [-0.15, -0.1) is 0 Å². The summed E-state index contributed by atoms with van der Waals surface area (Å²) in [4.78, 5) is 15.0. The third-order valence-corrected chi connectivity index (χ3v) is 5.02. The highest BCUT2D eigenvalue weighted by Crippen LogP contribution is 2.22. The first-order valence-corrected chi connectivity index (χ1v) is 8.99. The Hall–Kier alpha value is -2.85. The predicted octanol–water partition coefficient (Wildman–Crippen LogP) is 3.20. The van der Waals surface area contributed by atoms with Crippen LogP contribution in [-0.2, 0) is 6.42 Å². The molecule has 4 rings (SSSR count). The number of aromatic hydroxyl groups is 1. The van der Waals surface area contributed by atoms with E-state index in [9.17, 15) is 9.90 Å². The molecule has 0 spiro atoms. The number of nitrogens with zero attached hydrogens (tertiary/aromatic N) is 1. The van der Waals surface area contributed by atoms with Crippen molar-refractivity contribution in [2.24, 2.45) is 0 Å². The maximum absolute atomic E-state index is 13.1. The fourth-order valence-electron chi connectivity index (χ4n) is 3.68. The van der Waals surface area contributed by atoms with Gasteiger partial charge in [0, 0.05) is 31.2 Å². The van der Waals surface area contributed by atoms with Gasteiger partial charge in [-0.1, -0.05) is 54.6 Å². The van der Waals surface area contributed by atoms with Gasteiger partial charge < -0.3 is 15.3 Å². The van der Waals surface area contributed by atoms with Crippen LogP contribution in [0, 0.1) is 0 Å². The van der Waals surface area contributed by atoms with Crippen LogP contribution in [0.25, 0.3) is 10.8 Å². The highest BCUT2D eigenvalue weighted by atomic mass is 16.3. The number of para-hydroxylation sites is 1. The number of nitrogens with one attached hydrogen (secondary N) is 1. The molecule has 4 nitrogen and oxygen atoms in total. The molecule has 1 amide bonds. The number of phenolic OH excluding ortho intramolecular Hbond substituents is 1. The van der Waals surface area contributed by atoms with Crippen molar-refractivity contribution in [1.82, 2.24) is 10.2 Å². The number of phenols is 1. The molecule has 1 aliphatic rings. The normalized spacial score (nSPS) is 17.4. The van der Waals surface area contributed by atoms with E-state index in [2.05, 4.69) is 5.32 Å². The topological polar surface area (TPSA) is 52.6 Å². The zero-order valence-corrected chi connectivity index (χ0v) is 14.6. The lowest BCUT2D eigenvalue weighted by Gasteiger charge is -2.34. The SMILES string of the molecule is O=C(c1cccc2ccccc12)N1CCNC(Cc2ccccc2O)C1. The summed E-state index contributed by atoms with van der Waals surface area (Å²) in [6.45, 7) is 2.09. The van der Waals surface area contributed by atoms with Gasteiger partial charge in [0.15, 0.2) is 0 Å². The van der Waals surface area contributed by atoms with Crippen LogP contribution < -0.4 is 5.32 Å². The molecule has 0 aliphatic carbocycles. The van der Waals surface area contributed by atoms with E-state index in [1.807, 2.05) is 65.6 Å². The molecule has 26 heavy (non-hydrogen) atoms. The second-order valence-electron chi connectivity index (χ2n) is 6.76. The van der Waals surface area contributed by atoms with Crippen molar-refractivity contribution in [3.63, 3.8) is 0 Å². The standard InChI is InChI=1S/C22H22N2O2/c25-21-11-4-2-7-17(21)14-18-15-24(13-12-23-18)22(26)20-10-5-8-16-6-1-3-9-19(16)20/h1-11,18,23,25H,12-15H2. The summed E-state index contributed by atoms with van der Waals surface area (Å²) >= 11 is 0. The maximum atomic E-state index is 13.1. The lowest BCUT2D eigenvalue weighted by Crippen LogP contribution is -2.53. The van der Waals surface area contributed by atoms with Crippen LogP contribution in [0.4, 0.5) is 0 Å². The van der Waals surface area contributed by atoms with Crippen LogP contribution in [0.15, 0.2) is 66.7 Å². The van der Waals surface area contributed by atoms with Crippen molar-refractivity contribution < 1.29 is 9.90 Å². The van der Waals surface area contributed by atoms with E-state index in [1.165, 1.54) is 0 Å². The fourth-order valence-corrected chi connectivity index (χ4v) is 3.68. The zero-order chi connectivity index (χ0) is 17.9. The third kappa shape index (κ3) is 3.28.